The minimum atomic E-state index is -3.49. The summed E-state index contributed by atoms with van der Waals surface area (Å²) in [7, 11) is -3.49. The van der Waals surface area contributed by atoms with Crippen molar-refractivity contribution in [2.45, 2.75) is 25.5 Å². The van der Waals surface area contributed by atoms with Gasteiger partial charge in [-0.2, -0.15) is 8.42 Å². The van der Waals surface area contributed by atoms with Crippen LogP contribution in [-0.2, 0) is 27.3 Å². The summed E-state index contributed by atoms with van der Waals surface area (Å²) in [5.41, 5.74) is 0.985. The van der Waals surface area contributed by atoms with Crippen molar-refractivity contribution in [3.8, 4) is 0 Å². The lowest BCUT2D eigenvalue weighted by atomic mass is 10.1. The van der Waals surface area contributed by atoms with E-state index in [2.05, 4.69) is 4.98 Å². The molecule has 21 heavy (non-hydrogen) atoms. The first-order valence-electron chi connectivity index (χ1n) is 6.51. The number of aryl methyl sites for hydroxylation is 1. The van der Waals surface area contributed by atoms with Crippen molar-refractivity contribution in [1.82, 2.24) is 9.55 Å². The molecule has 0 aliphatic rings. The third-order valence-electron chi connectivity index (χ3n) is 2.96. The van der Waals surface area contributed by atoms with Crippen molar-refractivity contribution in [3.63, 3.8) is 0 Å². The molecule has 0 spiro atoms. The Morgan fingerprint density at radius 3 is 2.62 bits per heavy atom. The number of imidazole rings is 1. The number of hydrogen-bond acceptors (Lipinski definition) is 4. The van der Waals surface area contributed by atoms with Gasteiger partial charge >= 0.3 is 0 Å². The highest BCUT2D eigenvalue weighted by Gasteiger charge is 2.16. The highest BCUT2D eigenvalue weighted by Crippen LogP contribution is 2.15. The van der Waals surface area contributed by atoms with E-state index in [9.17, 15) is 8.42 Å². The number of aromatic nitrogens is 2. The number of benzene rings is 1. The van der Waals surface area contributed by atoms with E-state index >= 15 is 0 Å². The lowest BCUT2D eigenvalue weighted by molar-refractivity contribution is 0.194. The molecule has 0 saturated carbocycles. The maximum absolute atomic E-state index is 11.4. The van der Waals surface area contributed by atoms with Crippen molar-refractivity contribution in [2.75, 3.05) is 6.26 Å². The van der Waals surface area contributed by atoms with Crippen LogP contribution >= 0.6 is 11.6 Å². The largest absolute Gasteiger partial charge is 0.337 e. The van der Waals surface area contributed by atoms with Crippen molar-refractivity contribution >= 4 is 21.7 Å². The van der Waals surface area contributed by atoms with Crippen LogP contribution in [0.1, 0.15) is 12.0 Å². The molecule has 2 rings (SSSR count). The van der Waals surface area contributed by atoms with Crippen LogP contribution in [0.5, 0.6) is 0 Å². The highest BCUT2D eigenvalue weighted by molar-refractivity contribution is 7.86. The molecule has 0 aliphatic heterocycles. The van der Waals surface area contributed by atoms with Crippen molar-refractivity contribution < 1.29 is 12.6 Å². The molecule has 0 N–H and O–H groups in total. The Morgan fingerprint density at radius 1 is 1.33 bits per heavy atom. The van der Waals surface area contributed by atoms with Crippen molar-refractivity contribution in [3.05, 3.63) is 53.6 Å². The summed E-state index contributed by atoms with van der Waals surface area (Å²) in [6, 6.07) is 7.31. The predicted octanol–water partition coefficient (Wildman–Crippen LogP) is 2.51. The van der Waals surface area contributed by atoms with Crippen LogP contribution in [0.4, 0.5) is 0 Å². The van der Waals surface area contributed by atoms with Gasteiger partial charge < -0.3 is 4.57 Å². The molecule has 0 aliphatic carbocycles. The minimum Gasteiger partial charge on any atom is -0.337 e. The van der Waals surface area contributed by atoms with Gasteiger partial charge in [-0.3, -0.25) is 4.18 Å². The van der Waals surface area contributed by atoms with E-state index < -0.39 is 16.2 Å². The molecule has 7 heteroatoms. The smallest absolute Gasteiger partial charge is 0.264 e. The zero-order valence-corrected chi connectivity index (χ0v) is 13.2. The van der Waals surface area contributed by atoms with Gasteiger partial charge in [-0.15, -0.1) is 0 Å². The molecule has 1 atom stereocenters. The van der Waals surface area contributed by atoms with Crippen molar-refractivity contribution in [2.24, 2.45) is 0 Å². The maximum atomic E-state index is 11.4. The Balaban J connectivity index is 2.02. The molecule has 114 valence electrons. The van der Waals surface area contributed by atoms with Crippen LogP contribution in [0.25, 0.3) is 0 Å². The third-order valence-corrected chi connectivity index (χ3v) is 3.83. The molecule has 0 bridgehead atoms. The van der Waals surface area contributed by atoms with E-state index in [0.29, 0.717) is 24.4 Å². The Bertz CT molecular complexity index is 654. The minimum absolute atomic E-state index is 0.413. The Labute approximate surface area is 129 Å². The Hall–Kier alpha value is -1.37. The summed E-state index contributed by atoms with van der Waals surface area (Å²) in [5, 5.41) is 0.651. The highest BCUT2D eigenvalue weighted by atomic mass is 35.5. The topological polar surface area (TPSA) is 61.2 Å². The van der Waals surface area contributed by atoms with Crippen LogP contribution in [-0.4, -0.2) is 30.3 Å². The molecule has 0 fully saturated rings. The molecule has 0 radical (unpaired) electrons. The lowest BCUT2D eigenvalue weighted by Gasteiger charge is -2.16. The zero-order chi connectivity index (χ0) is 15.3. The fourth-order valence-electron chi connectivity index (χ4n) is 2.03. The standard InChI is InChI=1S/C14H17ClN2O3S/c1-21(18,19)20-14(6-8-17-9-7-16-11-17)10-12-2-4-13(15)5-3-12/h2-5,7,9,11,14H,6,8,10H2,1H3. The molecule has 5 nitrogen and oxygen atoms in total. The van der Waals surface area contributed by atoms with Crippen LogP contribution in [0.3, 0.4) is 0 Å². The molecule has 0 amide bonds. The predicted molar refractivity (Wildman–Crippen MR) is 81.7 cm³/mol. The second kappa shape index (κ2) is 7.06. The maximum Gasteiger partial charge on any atom is 0.264 e. The van der Waals surface area contributed by atoms with Crippen LogP contribution in [0, 0.1) is 0 Å². The van der Waals surface area contributed by atoms with Gasteiger partial charge in [-0.25, -0.2) is 4.98 Å². The number of hydrogen-bond donors (Lipinski definition) is 0. The molecule has 0 saturated heterocycles. The van der Waals surface area contributed by atoms with Gasteiger partial charge in [0.05, 0.1) is 18.7 Å². The molecule has 1 heterocycles. The second-order valence-corrected chi connectivity index (χ2v) is 6.88. The zero-order valence-electron chi connectivity index (χ0n) is 11.6. The summed E-state index contributed by atoms with van der Waals surface area (Å²) in [6.45, 7) is 0.647. The second-order valence-electron chi connectivity index (χ2n) is 4.84. The summed E-state index contributed by atoms with van der Waals surface area (Å²) in [6.07, 6.45) is 6.96. The number of nitrogens with zero attached hydrogens (tertiary/aromatic N) is 2. The van der Waals surface area contributed by atoms with E-state index in [1.807, 2.05) is 22.9 Å². The molecular weight excluding hydrogens is 312 g/mol. The normalized spacial score (nSPS) is 13.2. The summed E-state index contributed by atoms with van der Waals surface area (Å²) >= 11 is 5.85. The molecule has 1 aromatic heterocycles. The first kappa shape index (κ1) is 16.0. The van der Waals surface area contributed by atoms with Crippen LogP contribution in [0.2, 0.25) is 5.02 Å². The fraction of sp³-hybridized carbons (Fsp3) is 0.357. The first-order valence-corrected chi connectivity index (χ1v) is 8.70. The average Bonchev–Trinajstić information content (AvgIpc) is 2.90. The summed E-state index contributed by atoms with van der Waals surface area (Å²) in [5.74, 6) is 0. The SMILES string of the molecule is CS(=O)(=O)OC(CCn1ccnc1)Cc1ccc(Cl)cc1. The molecule has 1 aromatic carbocycles. The van der Waals surface area contributed by atoms with Gasteiger partial charge in [0.1, 0.15) is 0 Å². The van der Waals surface area contributed by atoms with Gasteiger partial charge in [0, 0.05) is 30.4 Å². The van der Waals surface area contributed by atoms with E-state index in [0.717, 1.165) is 11.8 Å². The van der Waals surface area contributed by atoms with E-state index in [4.69, 9.17) is 15.8 Å². The summed E-state index contributed by atoms with van der Waals surface area (Å²) in [4.78, 5) is 3.96. The number of halogens is 1. The van der Waals surface area contributed by atoms with Gasteiger partial charge in [-0.1, -0.05) is 23.7 Å². The van der Waals surface area contributed by atoms with E-state index in [1.54, 1.807) is 24.7 Å². The van der Waals surface area contributed by atoms with Gasteiger partial charge in [0.15, 0.2) is 0 Å². The third kappa shape index (κ3) is 5.87. The quantitative estimate of drug-likeness (QED) is 0.733. The van der Waals surface area contributed by atoms with Crippen LogP contribution < -0.4 is 0 Å². The number of rotatable bonds is 7. The first-order chi connectivity index (χ1) is 9.92. The van der Waals surface area contributed by atoms with E-state index in [1.165, 1.54) is 0 Å². The average molecular weight is 329 g/mol. The Kier molecular flexibility index (Phi) is 5.39. The van der Waals surface area contributed by atoms with E-state index in [-0.39, 0.29) is 0 Å². The van der Waals surface area contributed by atoms with Gasteiger partial charge in [-0.05, 0) is 24.1 Å². The molecular formula is C14H17ClN2O3S. The lowest BCUT2D eigenvalue weighted by Crippen LogP contribution is -2.22. The molecule has 2 aromatic rings. The van der Waals surface area contributed by atoms with Crippen molar-refractivity contribution in [1.29, 1.82) is 0 Å². The molecule has 1 unspecified atom stereocenters. The summed E-state index contributed by atoms with van der Waals surface area (Å²) < 4.78 is 29.8. The Morgan fingerprint density at radius 2 is 2.05 bits per heavy atom. The van der Waals surface area contributed by atoms with Gasteiger partial charge in [0.25, 0.3) is 10.1 Å². The fourth-order valence-corrected chi connectivity index (χ4v) is 2.81. The van der Waals surface area contributed by atoms with Crippen LogP contribution in [0.15, 0.2) is 43.0 Å². The monoisotopic (exact) mass is 328 g/mol. The van der Waals surface area contributed by atoms with Gasteiger partial charge in [0.2, 0.25) is 0 Å².